The lowest BCUT2D eigenvalue weighted by Gasteiger charge is -2.40. The van der Waals surface area contributed by atoms with Gasteiger partial charge in [-0.2, -0.15) is 0 Å². The van der Waals surface area contributed by atoms with Gasteiger partial charge in [0.2, 0.25) is 5.75 Å². The molecule has 0 amide bonds. The van der Waals surface area contributed by atoms with E-state index in [4.69, 9.17) is 14.2 Å². The van der Waals surface area contributed by atoms with E-state index in [0.717, 1.165) is 34.9 Å². The summed E-state index contributed by atoms with van der Waals surface area (Å²) in [6.45, 7) is 0.659. The minimum absolute atomic E-state index is 0.372. The number of hydrogen-bond donors (Lipinski definition) is 1. The van der Waals surface area contributed by atoms with Gasteiger partial charge in [-0.3, -0.25) is 14.7 Å². The van der Waals surface area contributed by atoms with Crippen LogP contribution < -0.4 is 14.2 Å². The normalized spacial score (nSPS) is 17.7. The number of piperidine rings is 1. The van der Waals surface area contributed by atoms with Crippen LogP contribution in [-0.4, -0.2) is 54.9 Å². The fourth-order valence-corrected chi connectivity index (χ4v) is 4.66. The van der Waals surface area contributed by atoms with Gasteiger partial charge in [0.25, 0.3) is 0 Å². The Morgan fingerprint density at radius 3 is 2.56 bits per heavy atom. The van der Waals surface area contributed by atoms with E-state index in [1.54, 1.807) is 21.3 Å². The number of aromatic nitrogens is 1. The van der Waals surface area contributed by atoms with Crippen LogP contribution in [0.4, 0.5) is 0 Å². The molecule has 7 heteroatoms. The molecule has 0 bridgehead atoms. The Labute approximate surface area is 187 Å². The van der Waals surface area contributed by atoms with Crippen LogP contribution in [0.5, 0.6) is 17.2 Å². The highest BCUT2D eigenvalue weighted by atomic mass is 16.5. The molecule has 0 radical (unpaired) electrons. The van der Waals surface area contributed by atoms with Crippen molar-refractivity contribution in [3.05, 3.63) is 59.8 Å². The Hall–Kier alpha value is -3.32. The van der Waals surface area contributed by atoms with Gasteiger partial charge >= 0.3 is 5.97 Å². The largest absolute Gasteiger partial charge is 0.493 e. The third-order valence-electron chi connectivity index (χ3n) is 6.12. The zero-order chi connectivity index (χ0) is 22.7. The van der Waals surface area contributed by atoms with Gasteiger partial charge in [-0.15, -0.1) is 0 Å². The number of methoxy groups -OCH3 is 3. The average Bonchev–Trinajstić information content (AvgIpc) is 2.83. The molecule has 1 aliphatic heterocycles. The SMILES string of the molecule is COc1ccc(C(c2cnc3ccccc3c2)N2CCCCC2C(=O)O)c(OC)c1OC. The van der Waals surface area contributed by atoms with Crippen molar-refractivity contribution in [3.8, 4) is 17.2 Å². The molecule has 0 aliphatic carbocycles. The minimum atomic E-state index is -0.817. The highest BCUT2D eigenvalue weighted by molar-refractivity contribution is 5.79. The molecule has 1 fully saturated rings. The fourth-order valence-electron chi connectivity index (χ4n) is 4.66. The van der Waals surface area contributed by atoms with Crippen LogP contribution in [0.15, 0.2) is 48.7 Å². The number of rotatable bonds is 7. The molecule has 1 aliphatic rings. The number of carboxylic acids is 1. The van der Waals surface area contributed by atoms with Crippen LogP contribution in [-0.2, 0) is 4.79 Å². The van der Waals surface area contributed by atoms with Crippen molar-refractivity contribution >= 4 is 16.9 Å². The predicted octanol–water partition coefficient (Wildman–Crippen LogP) is 4.29. The Morgan fingerprint density at radius 2 is 1.84 bits per heavy atom. The molecule has 2 aromatic carbocycles. The van der Waals surface area contributed by atoms with E-state index in [1.165, 1.54) is 0 Å². The van der Waals surface area contributed by atoms with Crippen molar-refractivity contribution in [3.63, 3.8) is 0 Å². The number of ether oxygens (including phenoxy) is 3. The number of carbonyl (C=O) groups is 1. The zero-order valence-corrected chi connectivity index (χ0v) is 18.6. The quantitative estimate of drug-likeness (QED) is 0.592. The number of pyridine rings is 1. The molecule has 1 aromatic heterocycles. The third-order valence-corrected chi connectivity index (χ3v) is 6.12. The van der Waals surface area contributed by atoms with Crippen molar-refractivity contribution in [2.45, 2.75) is 31.3 Å². The zero-order valence-electron chi connectivity index (χ0n) is 18.6. The molecule has 2 unspecified atom stereocenters. The fraction of sp³-hybridized carbons (Fsp3) is 0.360. The average molecular weight is 437 g/mol. The number of fused-ring (bicyclic) bond motifs is 1. The summed E-state index contributed by atoms with van der Waals surface area (Å²) >= 11 is 0. The van der Waals surface area contributed by atoms with Gasteiger partial charge in [0.15, 0.2) is 11.5 Å². The smallest absolute Gasteiger partial charge is 0.320 e. The first kappa shape index (κ1) is 21.9. The summed E-state index contributed by atoms with van der Waals surface area (Å²) in [5.74, 6) is 0.745. The number of carboxylic acid groups (broad SMARTS) is 1. The lowest BCUT2D eigenvalue weighted by molar-refractivity contribution is -0.145. The highest BCUT2D eigenvalue weighted by Gasteiger charge is 2.37. The number of nitrogens with zero attached hydrogens (tertiary/aromatic N) is 2. The number of benzene rings is 2. The van der Waals surface area contributed by atoms with Crippen molar-refractivity contribution in [2.24, 2.45) is 0 Å². The van der Waals surface area contributed by atoms with Crippen molar-refractivity contribution in [1.29, 1.82) is 0 Å². The second-order valence-electron chi connectivity index (χ2n) is 7.88. The van der Waals surface area contributed by atoms with Gasteiger partial charge in [0, 0.05) is 17.1 Å². The maximum Gasteiger partial charge on any atom is 0.320 e. The molecule has 7 nitrogen and oxygen atoms in total. The minimum Gasteiger partial charge on any atom is -0.493 e. The van der Waals surface area contributed by atoms with Gasteiger partial charge in [-0.25, -0.2) is 0 Å². The van der Waals surface area contributed by atoms with E-state index in [0.29, 0.717) is 30.2 Å². The van der Waals surface area contributed by atoms with E-state index in [1.807, 2.05) is 47.5 Å². The second-order valence-corrected chi connectivity index (χ2v) is 7.88. The molecule has 2 heterocycles. The molecule has 1 saturated heterocycles. The summed E-state index contributed by atoms with van der Waals surface area (Å²) in [5.41, 5.74) is 2.61. The number of likely N-dealkylation sites (tertiary alicyclic amines) is 1. The van der Waals surface area contributed by atoms with Crippen LogP contribution in [0, 0.1) is 0 Å². The van der Waals surface area contributed by atoms with Crippen LogP contribution in [0.2, 0.25) is 0 Å². The van der Waals surface area contributed by atoms with E-state index >= 15 is 0 Å². The first-order chi connectivity index (χ1) is 15.6. The van der Waals surface area contributed by atoms with Crippen LogP contribution >= 0.6 is 0 Å². The number of hydrogen-bond acceptors (Lipinski definition) is 6. The standard InChI is InChI=1S/C25H28N2O5/c1-30-21-12-11-18(23(31-2)24(21)32-3)22(27-13-7-6-10-20(27)25(28)29)17-14-16-8-4-5-9-19(16)26-15-17/h4-5,8-9,11-12,14-15,20,22H,6-7,10,13H2,1-3H3,(H,28,29). The Morgan fingerprint density at radius 1 is 1.06 bits per heavy atom. The summed E-state index contributed by atoms with van der Waals surface area (Å²) in [6.07, 6.45) is 4.25. The molecular formula is C25H28N2O5. The van der Waals surface area contributed by atoms with Gasteiger partial charge in [-0.1, -0.05) is 24.6 Å². The summed E-state index contributed by atoms with van der Waals surface area (Å²) in [4.78, 5) is 18.9. The Balaban J connectivity index is 1.94. The Kier molecular flexibility index (Phi) is 6.46. The highest BCUT2D eigenvalue weighted by Crippen LogP contribution is 2.46. The summed E-state index contributed by atoms with van der Waals surface area (Å²) in [5, 5.41) is 11.0. The molecule has 1 N–H and O–H groups in total. The van der Waals surface area contributed by atoms with Crippen molar-refractivity contribution in [1.82, 2.24) is 9.88 Å². The molecule has 3 aromatic rings. The summed E-state index contributed by atoms with van der Waals surface area (Å²) < 4.78 is 16.9. The predicted molar refractivity (Wildman–Crippen MR) is 122 cm³/mol. The molecule has 168 valence electrons. The summed E-state index contributed by atoms with van der Waals surface area (Å²) in [7, 11) is 4.73. The van der Waals surface area contributed by atoms with Crippen LogP contribution in [0.1, 0.15) is 36.4 Å². The van der Waals surface area contributed by atoms with E-state index in [2.05, 4.69) is 11.1 Å². The third kappa shape index (κ3) is 3.96. The second kappa shape index (κ2) is 9.44. The van der Waals surface area contributed by atoms with E-state index < -0.39 is 12.0 Å². The van der Waals surface area contributed by atoms with Gasteiger partial charge in [0.1, 0.15) is 6.04 Å². The molecule has 0 spiro atoms. The maximum absolute atomic E-state index is 12.2. The van der Waals surface area contributed by atoms with E-state index in [-0.39, 0.29) is 6.04 Å². The van der Waals surface area contributed by atoms with Crippen LogP contribution in [0.25, 0.3) is 10.9 Å². The first-order valence-electron chi connectivity index (χ1n) is 10.7. The van der Waals surface area contributed by atoms with Crippen molar-refractivity contribution in [2.75, 3.05) is 27.9 Å². The lowest BCUT2D eigenvalue weighted by Crippen LogP contribution is -2.47. The first-order valence-corrected chi connectivity index (χ1v) is 10.7. The molecule has 32 heavy (non-hydrogen) atoms. The molecular weight excluding hydrogens is 408 g/mol. The molecule has 2 atom stereocenters. The molecule has 0 saturated carbocycles. The Bertz CT molecular complexity index is 1120. The topological polar surface area (TPSA) is 81.1 Å². The van der Waals surface area contributed by atoms with Gasteiger partial charge in [0.05, 0.1) is 32.9 Å². The molecule has 4 rings (SSSR count). The number of para-hydroxylation sites is 1. The van der Waals surface area contributed by atoms with Gasteiger partial charge < -0.3 is 19.3 Å². The van der Waals surface area contributed by atoms with E-state index in [9.17, 15) is 9.90 Å². The monoisotopic (exact) mass is 436 g/mol. The summed E-state index contributed by atoms with van der Waals surface area (Å²) in [6, 6.07) is 12.8. The van der Waals surface area contributed by atoms with Crippen molar-refractivity contribution < 1.29 is 24.1 Å². The lowest BCUT2D eigenvalue weighted by atomic mass is 9.91. The number of aliphatic carboxylic acids is 1. The maximum atomic E-state index is 12.2. The van der Waals surface area contributed by atoms with Gasteiger partial charge in [-0.05, 0) is 49.2 Å². The van der Waals surface area contributed by atoms with Crippen LogP contribution in [0.3, 0.4) is 0 Å².